The molecule has 122 valence electrons. The molecule has 0 unspecified atom stereocenters. The molecule has 0 radical (unpaired) electrons. The van der Waals surface area contributed by atoms with Crippen LogP contribution in [0.3, 0.4) is 0 Å². The van der Waals surface area contributed by atoms with Crippen LogP contribution in [0.5, 0.6) is 0 Å². The van der Waals surface area contributed by atoms with E-state index in [4.69, 9.17) is 9.31 Å². The maximum Gasteiger partial charge on any atom is 0.495 e. The van der Waals surface area contributed by atoms with Crippen molar-refractivity contribution in [2.75, 3.05) is 39.4 Å². The third-order valence-corrected chi connectivity index (χ3v) is 5.58. The van der Waals surface area contributed by atoms with Gasteiger partial charge in [-0.25, -0.2) is 8.42 Å². The molecule has 22 heavy (non-hydrogen) atoms. The SMILES string of the molecule is CCN(CC)S(=O)(=O)c1cnccc1B1OCCNCCO1. The summed E-state index contributed by atoms with van der Waals surface area (Å²) in [4.78, 5) is 4.12. The molecule has 1 aromatic rings. The summed E-state index contributed by atoms with van der Waals surface area (Å²) in [5.74, 6) is 0. The summed E-state index contributed by atoms with van der Waals surface area (Å²) < 4.78 is 38.3. The lowest BCUT2D eigenvalue weighted by Crippen LogP contribution is -2.46. The normalized spacial score (nSPS) is 17.3. The molecule has 1 saturated heterocycles. The van der Waals surface area contributed by atoms with Gasteiger partial charge in [0.15, 0.2) is 0 Å². The van der Waals surface area contributed by atoms with Crippen LogP contribution in [0.25, 0.3) is 0 Å². The standard InChI is InChI=1S/C13H22BN3O4S/c1-3-17(4-2)22(18,19)13-11-16-6-5-12(13)14-20-9-7-15-8-10-21-14/h5-6,11,15H,3-4,7-10H2,1-2H3. The Morgan fingerprint density at radius 3 is 2.50 bits per heavy atom. The summed E-state index contributed by atoms with van der Waals surface area (Å²) in [6.45, 7) is 6.77. The molecular formula is C13H22BN3O4S. The third-order valence-electron chi connectivity index (χ3n) is 3.49. The van der Waals surface area contributed by atoms with Gasteiger partial charge in [0.1, 0.15) is 4.90 Å². The Kier molecular flexibility index (Phi) is 6.33. The number of pyridine rings is 1. The Balaban J connectivity index is 2.37. The van der Waals surface area contributed by atoms with Gasteiger partial charge >= 0.3 is 7.12 Å². The first kappa shape index (κ1) is 17.4. The number of nitrogens with zero attached hydrogens (tertiary/aromatic N) is 2. The number of sulfonamides is 1. The zero-order valence-corrected chi connectivity index (χ0v) is 13.8. The van der Waals surface area contributed by atoms with Crippen molar-refractivity contribution in [1.82, 2.24) is 14.6 Å². The Labute approximate surface area is 132 Å². The van der Waals surface area contributed by atoms with Gasteiger partial charge in [-0.1, -0.05) is 13.8 Å². The predicted molar refractivity (Wildman–Crippen MR) is 84.5 cm³/mol. The van der Waals surface area contributed by atoms with E-state index >= 15 is 0 Å². The first-order chi connectivity index (χ1) is 10.6. The van der Waals surface area contributed by atoms with Gasteiger partial charge in [-0.15, -0.1) is 0 Å². The summed E-state index contributed by atoms with van der Waals surface area (Å²) in [5, 5.41) is 3.15. The second-order valence-corrected chi connectivity index (χ2v) is 6.73. The molecule has 0 atom stereocenters. The van der Waals surface area contributed by atoms with Crippen molar-refractivity contribution in [2.24, 2.45) is 0 Å². The number of aromatic nitrogens is 1. The summed E-state index contributed by atoms with van der Waals surface area (Å²) in [6, 6.07) is 1.65. The van der Waals surface area contributed by atoms with Crippen molar-refractivity contribution in [1.29, 1.82) is 0 Å². The van der Waals surface area contributed by atoms with E-state index in [0.29, 0.717) is 44.9 Å². The molecule has 1 N–H and O–H groups in total. The second-order valence-electron chi connectivity index (χ2n) is 4.83. The van der Waals surface area contributed by atoms with Gasteiger partial charge < -0.3 is 14.6 Å². The van der Waals surface area contributed by atoms with Gasteiger partial charge in [-0.2, -0.15) is 4.31 Å². The summed E-state index contributed by atoms with van der Waals surface area (Å²) in [5.41, 5.74) is 0.504. The van der Waals surface area contributed by atoms with E-state index in [2.05, 4.69) is 10.3 Å². The van der Waals surface area contributed by atoms with E-state index in [1.165, 1.54) is 10.5 Å². The minimum atomic E-state index is -3.61. The highest BCUT2D eigenvalue weighted by Crippen LogP contribution is 2.13. The predicted octanol–water partition coefficient (Wildman–Crippen LogP) is -0.556. The van der Waals surface area contributed by atoms with E-state index in [1.54, 1.807) is 12.3 Å². The summed E-state index contributed by atoms with van der Waals surface area (Å²) in [7, 11) is -4.30. The smallest absolute Gasteiger partial charge is 0.406 e. The zero-order chi connectivity index (χ0) is 16.0. The lowest BCUT2D eigenvalue weighted by Gasteiger charge is -2.23. The number of hydrogen-bond acceptors (Lipinski definition) is 6. The fourth-order valence-electron chi connectivity index (χ4n) is 2.33. The van der Waals surface area contributed by atoms with E-state index < -0.39 is 17.1 Å². The molecule has 1 aliphatic heterocycles. The van der Waals surface area contributed by atoms with E-state index in [9.17, 15) is 8.42 Å². The second kappa shape index (κ2) is 8.03. The molecule has 1 aromatic heterocycles. The van der Waals surface area contributed by atoms with Crippen molar-refractivity contribution in [3.8, 4) is 0 Å². The van der Waals surface area contributed by atoms with Crippen LogP contribution in [0.15, 0.2) is 23.4 Å². The van der Waals surface area contributed by atoms with E-state index in [0.717, 1.165) is 0 Å². The molecule has 2 rings (SSSR count). The molecule has 1 fully saturated rings. The first-order valence-electron chi connectivity index (χ1n) is 7.49. The van der Waals surface area contributed by atoms with Gasteiger partial charge in [0, 0.05) is 57.2 Å². The monoisotopic (exact) mass is 327 g/mol. The van der Waals surface area contributed by atoms with Crippen LogP contribution < -0.4 is 10.8 Å². The topological polar surface area (TPSA) is 80.8 Å². The molecule has 2 heterocycles. The van der Waals surface area contributed by atoms with Crippen LogP contribution in [0.4, 0.5) is 0 Å². The Bertz CT molecular complexity index is 572. The van der Waals surface area contributed by atoms with Crippen LogP contribution in [0.2, 0.25) is 0 Å². The maximum absolute atomic E-state index is 12.8. The number of hydrogen-bond donors (Lipinski definition) is 1. The average Bonchev–Trinajstić information content (AvgIpc) is 2.48. The van der Waals surface area contributed by atoms with Crippen molar-refractivity contribution in [3.63, 3.8) is 0 Å². The third kappa shape index (κ3) is 3.85. The van der Waals surface area contributed by atoms with Crippen LogP contribution in [-0.2, 0) is 19.3 Å². The summed E-state index contributed by atoms with van der Waals surface area (Å²) in [6.07, 6.45) is 2.92. The van der Waals surface area contributed by atoms with Gasteiger partial charge in [0.05, 0.1) is 0 Å². The number of nitrogens with one attached hydrogen (secondary N) is 1. The quantitative estimate of drug-likeness (QED) is 0.731. The lowest BCUT2D eigenvalue weighted by atomic mass is 9.79. The molecule has 0 bridgehead atoms. The van der Waals surface area contributed by atoms with Gasteiger partial charge in [-0.3, -0.25) is 4.98 Å². The van der Waals surface area contributed by atoms with Gasteiger partial charge in [0.25, 0.3) is 0 Å². The van der Waals surface area contributed by atoms with Crippen molar-refractivity contribution >= 4 is 22.6 Å². The molecule has 0 amide bonds. The van der Waals surface area contributed by atoms with Gasteiger partial charge in [-0.05, 0) is 6.07 Å². The molecule has 0 spiro atoms. The van der Waals surface area contributed by atoms with Crippen molar-refractivity contribution in [2.45, 2.75) is 18.7 Å². The molecule has 9 heteroatoms. The fourth-order valence-corrected chi connectivity index (χ4v) is 3.95. The molecular weight excluding hydrogens is 305 g/mol. The highest BCUT2D eigenvalue weighted by atomic mass is 32.2. The van der Waals surface area contributed by atoms with E-state index in [1.807, 2.05) is 13.8 Å². The number of rotatable bonds is 5. The zero-order valence-electron chi connectivity index (χ0n) is 13.0. The van der Waals surface area contributed by atoms with Crippen molar-refractivity contribution < 1.29 is 17.7 Å². The molecule has 0 aromatic carbocycles. The fraction of sp³-hybridized carbons (Fsp3) is 0.615. The summed E-state index contributed by atoms with van der Waals surface area (Å²) >= 11 is 0. The van der Waals surface area contributed by atoms with Gasteiger partial charge in [0.2, 0.25) is 10.0 Å². The minimum absolute atomic E-state index is 0.150. The Morgan fingerprint density at radius 1 is 1.27 bits per heavy atom. The van der Waals surface area contributed by atoms with Crippen molar-refractivity contribution in [3.05, 3.63) is 18.5 Å². The Morgan fingerprint density at radius 2 is 1.91 bits per heavy atom. The Hall–Kier alpha value is -0.995. The molecule has 1 aliphatic rings. The van der Waals surface area contributed by atoms with Crippen LogP contribution >= 0.6 is 0 Å². The molecule has 7 nitrogen and oxygen atoms in total. The first-order valence-corrected chi connectivity index (χ1v) is 8.93. The van der Waals surface area contributed by atoms with Crippen LogP contribution in [0, 0.1) is 0 Å². The average molecular weight is 327 g/mol. The van der Waals surface area contributed by atoms with E-state index in [-0.39, 0.29) is 4.90 Å². The molecule has 0 saturated carbocycles. The largest absolute Gasteiger partial charge is 0.495 e. The highest BCUT2D eigenvalue weighted by molar-refractivity contribution is 7.89. The van der Waals surface area contributed by atoms with Crippen LogP contribution in [0.1, 0.15) is 13.8 Å². The molecule has 0 aliphatic carbocycles. The lowest BCUT2D eigenvalue weighted by molar-refractivity contribution is 0.187. The highest BCUT2D eigenvalue weighted by Gasteiger charge is 2.32. The maximum atomic E-state index is 12.8. The van der Waals surface area contributed by atoms with Crippen LogP contribution in [-0.4, -0.2) is 64.2 Å². The minimum Gasteiger partial charge on any atom is -0.406 e.